The van der Waals surface area contributed by atoms with Crippen LogP contribution in [0.1, 0.15) is 10.4 Å². The first-order chi connectivity index (χ1) is 7.75. The minimum absolute atomic E-state index is 0.282. The van der Waals surface area contributed by atoms with Crippen LogP contribution >= 0.6 is 0 Å². The highest BCUT2D eigenvalue weighted by Crippen LogP contribution is 2.10. The largest absolute Gasteiger partial charge is 0.404 e. The summed E-state index contributed by atoms with van der Waals surface area (Å²) in [5.41, 5.74) is 6.57. The Morgan fingerprint density at radius 2 is 1.88 bits per heavy atom. The Morgan fingerprint density at radius 3 is 2.50 bits per heavy atom. The summed E-state index contributed by atoms with van der Waals surface area (Å²) in [6.07, 6.45) is 1.56. The van der Waals surface area contributed by atoms with E-state index in [1.54, 1.807) is 48.7 Å². The zero-order chi connectivity index (χ0) is 11.4. The number of hydrogen-bond acceptors (Lipinski definition) is 4. The van der Waals surface area contributed by atoms with Crippen LogP contribution in [0.25, 0.3) is 0 Å². The lowest BCUT2D eigenvalue weighted by atomic mass is 10.2. The molecule has 0 spiro atoms. The van der Waals surface area contributed by atoms with E-state index in [1.165, 1.54) is 0 Å². The van der Waals surface area contributed by atoms with E-state index >= 15 is 0 Å². The number of nitrogen functional groups attached to an aromatic ring is 1. The maximum absolute atomic E-state index is 11.6. The summed E-state index contributed by atoms with van der Waals surface area (Å²) >= 11 is 0. The molecule has 16 heavy (non-hydrogen) atoms. The molecular formula is C12H10N2O2. The highest BCUT2D eigenvalue weighted by atomic mass is 16.5. The van der Waals surface area contributed by atoms with Crippen molar-refractivity contribution in [2.24, 2.45) is 0 Å². The summed E-state index contributed by atoms with van der Waals surface area (Å²) < 4.78 is 5.05. The molecule has 80 valence electrons. The van der Waals surface area contributed by atoms with E-state index in [0.29, 0.717) is 11.3 Å². The number of nitrogens with zero attached hydrogens (tertiary/aromatic N) is 1. The van der Waals surface area contributed by atoms with Gasteiger partial charge in [0.05, 0.1) is 5.56 Å². The Labute approximate surface area is 92.7 Å². The fraction of sp³-hybridized carbons (Fsp3) is 0. The van der Waals surface area contributed by atoms with Gasteiger partial charge in [-0.15, -0.1) is 0 Å². The van der Waals surface area contributed by atoms with Gasteiger partial charge in [-0.05, 0) is 30.3 Å². The van der Waals surface area contributed by atoms with Crippen LogP contribution in [0.15, 0.2) is 48.7 Å². The van der Waals surface area contributed by atoms with Gasteiger partial charge < -0.3 is 10.5 Å². The quantitative estimate of drug-likeness (QED) is 0.612. The number of ether oxygens (including phenoxy) is 1. The molecule has 0 saturated carbocycles. The minimum Gasteiger partial charge on any atom is -0.404 e. The summed E-state index contributed by atoms with van der Waals surface area (Å²) in [6.45, 7) is 0. The average molecular weight is 214 g/mol. The smallest absolute Gasteiger partial charge is 0.344 e. The van der Waals surface area contributed by atoms with Crippen LogP contribution in [-0.4, -0.2) is 11.0 Å². The van der Waals surface area contributed by atoms with Gasteiger partial charge in [-0.25, -0.2) is 9.78 Å². The van der Waals surface area contributed by atoms with Crippen molar-refractivity contribution in [3.8, 4) is 5.88 Å². The molecule has 0 aliphatic heterocycles. The third-order valence-electron chi connectivity index (χ3n) is 1.98. The molecule has 2 aromatic rings. The molecule has 2 rings (SSSR count). The number of anilines is 1. The minimum atomic E-state index is -0.446. The van der Waals surface area contributed by atoms with E-state index in [2.05, 4.69) is 4.98 Å². The first kappa shape index (κ1) is 10.2. The second-order valence-corrected chi connectivity index (χ2v) is 3.18. The maximum Gasteiger partial charge on any atom is 0.344 e. The Balaban J connectivity index is 2.12. The SMILES string of the molecule is Nc1ccc(C(=O)Oc2ccccn2)cc1. The van der Waals surface area contributed by atoms with Gasteiger partial charge in [0.2, 0.25) is 5.88 Å². The van der Waals surface area contributed by atoms with Crippen molar-refractivity contribution in [2.75, 3.05) is 5.73 Å². The molecule has 0 amide bonds. The van der Waals surface area contributed by atoms with Gasteiger partial charge in [0.1, 0.15) is 0 Å². The van der Waals surface area contributed by atoms with Gasteiger partial charge in [-0.3, -0.25) is 0 Å². The monoisotopic (exact) mass is 214 g/mol. The average Bonchev–Trinajstić information content (AvgIpc) is 2.31. The fourth-order valence-corrected chi connectivity index (χ4v) is 1.18. The van der Waals surface area contributed by atoms with Crippen molar-refractivity contribution in [3.63, 3.8) is 0 Å². The molecule has 1 heterocycles. The van der Waals surface area contributed by atoms with Crippen molar-refractivity contribution >= 4 is 11.7 Å². The molecule has 0 atom stereocenters. The molecule has 0 aliphatic carbocycles. The zero-order valence-electron chi connectivity index (χ0n) is 8.46. The molecule has 0 aliphatic rings. The molecule has 4 heteroatoms. The van der Waals surface area contributed by atoms with Gasteiger partial charge in [0.25, 0.3) is 0 Å². The maximum atomic E-state index is 11.6. The van der Waals surface area contributed by atoms with E-state index < -0.39 is 5.97 Å². The van der Waals surface area contributed by atoms with Gasteiger partial charge >= 0.3 is 5.97 Å². The summed E-state index contributed by atoms with van der Waals surface area (Å²) in [7, 11) is 0. The number of nitrogens with two attached hydrogens (primary N) is 1. The molecule has 0 radical (unpaired) electrons. The van der Waals surface area contributed by atoms with Crippen LogP contribution in [0.3, 0.4) is 0 Å². The lowest BCUT2D eigenvalue weighted by Gasteiger charge is -2.02. The van der Waals surface area contributed by atoms with Crippen LogP contribution in [0, 0.1) is 0 Å². The highest BCUT2D eigenvalue weighted by Gasteiger charge is 2.08. The summed E-state index contributed by atoms with van der Waals surface area (Å²) in [4.78, 5) is 15.5. The van der Waals surface area contributed by atoms with Crippen molar-refractivity contribution in [2.45, 2.75) is 0 Å². The molecule has 0 saturated heterocycles. The fourth-order valence-electron chi connectivity index (χ4n) is 1.18. The van der Waals surface area contributed by atoms with Crippen LogP contribution in [0.5, 0.6) is 5.88 Å². The number of rotatable bonds is 2. The second kappa shape index (κ2) is 4.44. The predicted octanol–water partition coefficient (Wildman–Crippen LogP) is 1.88. The zero-order valence-corrected chi connectivity index (χ0v) is 8.46. The van der Waals surface area contributed by atoms with Crippen molar-refractivity contribution in [3.05, 3.63) is 54.2 Å². The molecule has 1 aromatic heterocycles. The number of benzene rings is 1. The molecular weight excluding hydrogens is 204 g/mol. The Morgan fingerprint density at radius 1 is 1.12 bits per heavy atom. The van der Waals surface area contributed by atoms with Crippen LogP contribution in [0.4, 0.5) is 5.69 Å². The first-order valence-corrected chi connectivity index (χ1v) is 4.74. The van der Waals surface area contributed by atoms with Crippen molar-refractivity contribution in [1.82, 2.24) is 4.98 Å². The number of esters is 1. The molecule has 0 bridgehead atoms. The molecule has 0 unspecified atom stereocenters. The molecule has 2 N–H and O–H groups in total. The number of carbonyl (C=O) groups excluding carboxylic acids is 1. The Kier molecular flexibility index (Phi) is 2.82. The molecule has 1 aromatic carbocycles. The molecule has 4 nitrogen and oxygen atoms in total. The lowest BCUT2D eigenvalue weighted by Crippen LogP contribution is -2.09. The van der Waals surface area contributed by atoms with Gasteiger partial charge in [-0.1, -0.05) is 6.07 Å². The highest BCUT2D eigenvalue weighted by molar-refractivity contribution is 5.91. The van der Waals surface area contributed by atoms with Gasteiger partial charge in [-0.2, -0.15) is 0 Å². The Bertz CT molecular complexity index is 480. The second-order valence-electron chi connectivity index (χ2n) is 3.18. The van der Waals surface area contributed by atoms with E-state index in [4.69, 9.17) is 10.5 Å². The van der Waals surface area contributed by atoms with E-state index in [9.17, 15) is 4.79 Å². The van der Waals surface area contributed by atoms with E-state index in [1.807, 2.05) is 0 Å². The Hall–Kier alpha value is -2.36. The number of pyridine rings is 1. The standard InChI is InChI=1S/C12H10N2O2/c13-10-6-4-9(5-7-10)12(15)16-11-3-1-2-8-14-11/h1-8H,13H2. The topological polar surface area (TPSA) is 65.2 Å². The van der Waals surface area contributed by atoms with Crippen LogP contribution in [0.2, 0.25) is 0 Å². The molecule has 0 fully saturated rings. The van der Waals surface area contributed by atoms with Crippen molar-refractivity contribution < 1.29 is 9.53 Å². The van der Waals surface area contributed by atoms with Gasteiger partial charge in [0, 0.05) is 18.0 Å². The summed E-state index contributed by atoms with van der Waals surface area (Å²) in [6, 6.07) is 11.6. The number of hydrogen-bond donors (Lipinski definition) is 1. The third kappa shape index (κ3) is 2.36. The first-order valence-electron chi connectivity index (χ1n) is 4.74. The normalized spacial score (nSPS) is 9.75. The van der Waals surface area contributed by atoms with Gasteiger partial charge in [0.15, 0.2) is 0 Å². The third-order valence-corrected chi connectivity index (χ3v) is 1.98. The lowest BCUT2D eigenvalue weighted by molar-refractivity contribution is 0.0727. The number of carbonyl (C=O) groups is 1. The van der Waals surface area contributed by atoms with E-state index in [0.717, 1.165) is 0 Å². The van der Waals surface area contributed by atoms with Crippen molar-refractivity contribution in [1.29, 1.82) is 0 Å². The number of aromatic nitrogens is 1. The van der Waals surface area contributed by atoms with Crippen LogP contribution < -0.4 is 10.5 Å². The van der Waals surface area contributed by atoms with Crippen LogP contribution in [-0.2, 0) is 0 Å². The summed E-state index contributed by atoms with van der Waals surface area (Å²) in [5, 5.41) is 0. The van der Waals surface area contributed by atoms with E-state index in [-0.39, 0.29) is 5.88 Å². The predicted molar refractivity (Wildman–Crippen MR) is 60.0 cm³/mol. The summed E-state index contributed by atoms with van der Waals surface area (Å²) in [5.74, 6) is -0.164.